The Morgan fingerprint density at radius 3 is 2.80 bits per heavy atom. The second-order valence-corrected chi connectivity index (χ2v) is 12.5. The number of alkyl halides is 1. The molecule has 248 valence electrons. The van der Waals surface area contributed by atoms with Crippen LogP contribution in [0.3, 0.4) is 0 Å². The van der Waals surface area contributed by atoms with Crippen LogP contribution in [0.2, 0.25) is 0 Å². The average molecular weight is 640 g/mol. The van der Waals surface area contributed by atoms with Crippen molar-refractivity contribution in [1.82, 2.24) is 14.9 Å². The van der Waals surface area contributed by atoms with Crippen LogP contribution in [0, 0.1) is 5.82 Å². The molecule has 6 rings (SSSR count). The molecule has 12 heteroatoms. The summed E-state index contributed by atoms with van der Waals surface area (Å²) in [6, 6.07) is 7.36. The Morgan fingerprint density at radius 2 is 2.02 bits per heavy atom. The number of ether oxygens (including phenoxy) is 4. The Morgan fingerprint density at radius 1 is 1.17 bits per heavy atom. The molecule has 0 amide bonds. The summed E-state index contributed by atoms with van der Waals surface area (Å²) >= 11 is 0. The van der Waals surface area contributed by atoms with E-state index in [-0.39, 0.29) is 36.5 Å². The monoisotopic (exact) mass is 639 g/mol. The van der Waals surface area contributed by atoms with E-state index in [0.29, 0.717) is 69.2 Å². The third kappa shape index (κ3) is 6.29. The SMILES string of the molecule is CCc1c(F)ccc2cc(OCOC)cc(N3CCc4c(nc(OC[C@@]56CCCN5C[C@H](F)C6)nc4N(C)CCC(=O)OC)C3)c12. The lowest BCUT2D eigenvalue weighted by Gasteiger charge is -2.34. The summed E-state index contributed by atoms with van der Waals surface area (Å²) < 4.78 is 51.8. The lowest BCUT2D eigenvalue weighted by atomic mass is 9.95. The van der Waals surface area contributed by atoms with Crippen molar-refractivity contribution >= 4 is 28.2 Å². The third-order valence-corrected chi connectivity index (χ3v) is 9.65. The van der Waals surface area contributed by atoms with E-state index in [9.17, 15) is 9.18 Å². The largest absolute Gasteiger partial charge is 0.469 e. The second kappa shape index (κ2) is 13.5. The molecule has 0 unspecified atom stereocenters. The molecule has 0 bridgehead atoms. The van der Waals surface area contributed by atoms with Crippen LogP contribution in [0.1, 0.15) is 49.4 Å². The minimum atomic E-state index is -0.863. The van der Waals surface area contributed by atoms with Crippen LogP contribution in [0.25, 0.3) is 10.8 Å². The molecule has 46 heavy (non-hydrogen) atoms. The van der Waals surface area contributed by atoms with E-state index in [2.05, 4.69) is 9.80 Å². The molecule has 10 nitrogen and oxygen atoms in total. The first-order valence-corrected chi connectivity index (χ1v) is 16.1. The van der Waals surface area contributed by atoms with Gasteiger partial charge < -0.3 is 28.7 Å². The first-order chi connectivity index (χ1) is 22.2. The van der Waals surface area contributed by atoms with Gasteiger partial charge in [-0.05, 0) is 55.3 Å². The maximum atomic E-state index is 15.1. The predicted octanol–water partition coefficient (Wildman–Crippen LogP) is 4.83. The molecule has 2 atom stereocenters. The number of carbonyl (C=O) groups is 1. The van der Waals surface area contributed by atoms with Gasteiger partial charge in [-0.3, -0.25) is 9.69 Å². The molecule has 0 spiro atoms. The number of anilines is 2. The summed E-state index contributed by atoms with van der Waals surface area (Å²) in [7, 11) is 4.84. The van der Waals surface area contributed by atoms with Crippen molar-refractivity contribution in [3.63, 3.8) is 0 Å². The number of methoxy groups -OCH3 is 2. The number of esters is 1. The van der Waals surface area contributed by atoms with Gasteiger partial charge in [-0.15, -0.1) is 0 Å². The summed E-state index contributed by atoms with van der Waals surface area (Å²) in [5.74, 6) is 0.777. The Kier molecular flexibility index (Phi) is 9.47. The molecule has 0 saturated carbocycles. The van der Waals surface area contributed by atoms with E-state index in [1.54, 1.807) is 13.2 Å². The minimum Gasteiger partial charge on any atom is -0.469 e. The number of halogens is 2. The predicted molar refractivity (Wildman–Crippen MR) is 171 cm³/mol. The van der Waals surface area contributed by atoms with Crippen LogP contribution in [-0.2, 0) is 33.7 Å². The van der Waals surface area contributed by atoms with Crippen molar-refractivity contribution < 1.29 is 32.5 Å². The van der Waals surface area contributed by atoms with Crippen LogP contribution in [0.5, 0.6) is 11.8 Å². The van der Waals surface area contributed by atoms with Crippen molar-refractivity contribution in [2.45, 2.75) is 63.7 Å². The summed E-state index contributed by atoms with van der Waals surface area (Å²) in [6.07, 6.45) is 2.83. The third-order valence-electron chi connectivity index (χ3n) is 9.65. The Hall–Kier alpha value is -3.77. The molecule has 1 aromatic heterocycles. The van der Waals surface area contributed by atoms with Gasteiger partial charge in [0, 0.05) is 62.9 Å². The van der Waals surface area contributed by atoms with Gasteiger partial charge in [0.1, 0.15) is 30.2 Å². The van der Waals surface area contributed by atoms with Crippen molar-refractivity contribution in [1.29, 1.82) is 0 Å². The Labute approximate surface area is 268 Å². The van der Waals surface area contributed by atoms with Gasteiger partial charge in [-0.25, -0.2) is 8.78 Å². The van der Waals surface area contributed by atoms with Gasteiger partial charge in [0.25, 0.3) is 0 Å². The maximum Gasteiger partial charge on any atom is 0.318 e. The fraction of sp³-hybridized carbons (Fsp3) is 0.559. The van der Waals surface area contributed by atoms with E-state index in [0.717, 1.165) is 47.1 Å². The maximum absolute atomic E-state index is 15.1. The number of benzene rings is 2. The zero-order valence-electron chi connectivity index (χ0n) is 27.1. The number of fused-ring (bicyclic) bond motifs is 3. The molecule has 0 radical (unpaired) electrons. The summed E-state index contributed by atoms with van der Waals surface area (Å²) in [4.78, 5) is 28.1. The molecular formula is C34H43F2N5O5. The van der Waals surface area contributed by atoms with Crippen molar-refractivity contribution in [2.24, 2.45) is 0 Å². The van der Waals surface area contributed by atoms with Crippen LogP contribution in [0.15, 0.2) is 24.3 Å². The Bertz CT molecular complexity index is 1590. The standard InChI is InChI=1S/C34H43F2N5O5/c1-5-25-27(36)8-7-22-15-24(46-21-43-3)16-29(31(22)25)40-14-9-26-28(19-40)37-33(38-32(26)39(2)13-10-30(42)44-4)45-20-34-11-6-12-41(34)18-23(35)17-34/h7-8,15-16,23H,5-6,9-14,17-21H2,1-4H3/t23-,34+/m1/s1. The highest BCUT2D eigenvalue weighted by Crippen LogP contribution is 2.41. The van der Waals surface area contributed by atoms with Crippen LogP contribution in [0.4, 0.5) is 20.3 Å². The van der Waals surface area contributed by atoms with Gasteiger partial charge in [-0.1, -0.05) is 13.0 Å². The highest BCUT2D eigenvalue weighted by molar-refractivity contribution is 5.98. The van der Waals surface area contributed by atoms with E-state index in [1.807, 2.05) is 31.0 Å². The smallest absolute Gasteiger partial charge is 0.318 e. The molecule has 0 N–H and O–H groups in total. The number of carbonyl (C=O) groups excluding carboxylic acids is 1. The average Bonchev–Trinajstić information content (AvgIpc) is 3.59. The molecule has 3 aliphatic rings. The first kappa shape index (κ1) is 32.2. The molecule has 2 saturated heterocycles. The highest BCUT2D eigenvalue weighted by Gasteiger charge is 2.49. The van der Waals surface area contributed by atoms with Crippen LogP contribution < -0.4 is 19.3 Å². The van der Waals surface area contributed by atoms with Crippen LogP contribution in [-0.4, -0.2) is 93.4 Å². The van der Waals surface area contributed by atoms with E-state index >= 15 is 4.39 Å². The van der Waals surface area contributed by atoms with E-state index in [1.165, 1.54) is 13.2 Å². The second-order valence-electron chi connectivity index (χ2n) is 12.5. The molecule has 4 heterocycles. The number of rotatable bonds is 12. The van der Waals surface area contributed by atoms with Gasteiger partial charge in [0.15, 0.2) is 6.79 Å². The van der Waals surface area contributed by atoms with E-state index < -0.39 is 6.17 Å². The lowest BCUT2D eigenvalue weighted by Crippen LogP contribution is -2.43. The number of aryl methyl sites for hydroxylation is 1. The molecule has 0 aliphatic carbocycles. The number of hydrogen-bond acceptors (Lipinski definition) is 10. The van der Waals surface area contributed by atoms with Crippen molar-refractivity contribution in [2.75, 3.05) is 70.6 Å². The molecule has 3 aromatic rings. The van der Waals surface area contributed by atoms with Crippen molar-refractivity contribution in [3.05, 3.63) is 46.9 Å². The minimum absolute atomic E-state index is 0.0902. The first-order valence-electron chi connectivity index (χ1n) is 16.1. The fourth-order valence-corrected chi connectivity index (χ4v) is 7.36. The summed E-state index contributed by atoms with van der Waals surface area (Å²) in [5, 5.41) is 1.73. The zero-order valence-corrected chi connectivity index (χ0v) is 27.1. The normalized spacial score (nSPS) is 20.9. The topological polar surface area (TPSA) is 89.5 Å². The quantitative estimate of drug-likeness (QED) is 0.203. The fourth-order valence-electron chi connectivity index (χ4n) is 7.36. The van der Waals surface area contributed by atoms with Crippen LogP contribution >= 0.6 is 0 Å². The number of aromatic nitrogens is 2. The number of nitrogens with zero attached hydrogens (tertiary/aromatic N) is 5. The summed E-state index contributed by atoms with van der Waals surface area (Å²) in [6.45, 7) is 5.13. The van der Waals surface area contributed by atoms with Gasteiger partial charge in [-0.2, -0.15) is 9.97 Å². The van der Waals surface area contributed by atoms with Gasteiger partial charge in [0.2, 0.25) is 0 Å². The van der Waals surface area contributed by atoms with Crippen molar-refractivity contribution in [3.8, 4) is 11.8 Å². The Balaban J connectivity index is 1.36. The van der Waals surface area contributed by atoms with Gasteiger partial charge in [0.05, 0.1) is 31.3 Å². The molecular weight excluding hydrogens is 596 g/mol. The van der Waals surface area contributed by atoms with Gasteiger partial charge >= 0.3 is 12.0 Å². The summed E-state index contributed by atoms with van der Waals surface area (Å²) in [5.41, 5.74) is 2.92. The van der Waals surface area contributed by atoms with E-state index in [4.69, 9.17) is 28.9 Å². The molecule has 2 aromatic carbocycles. The lowest BCUT2D eigenvalue weighted by molar-refractivity contribution is -0.140. The molecule has 2 fully saturated rings. The highest BCUT2D eigenvalue weighted by atomic mass is 19.1. The number of hydrogen-bond donors (Lipinski definition) is 0. The molecule has 3 aliphatic heterocycles. The zero-order chi connectivity index (χ0) is 32.4.